The Bertz CT molecular complexity index is 588. The standard InChI is InChI=1S/C11H12N4O2/c1-7-3-2-4-10-14-8(6-15(7)10)11(17)13-5-9(12)16/h2-4,6H,5H2,1H3,(H2,12,16)(H,13,17). The fourth-order valence-corrected chi connectivity index (χ4v) is 1.52. The maximum absolute atomic E-state index is 11.6. The van der Waals surface area contributed by atoms with Crippen LogP contribution >= 0.6 is 0 Å². The van der Waals surface area contributed by atoms with Crippen LogP contribution in [0.25, 0.3) is 5.65 Å². The Hall–Kier alpha value is -2.37. The van der Waals surface area contributed by atoms with E-state index in [2.05, 4.69) is 10.3 Å². The molecule has 17 heavy (non-hydrogen) atoms. The van der Waals surface area contributed by atoms with Crippen LogP contribution in [0.15, 0.2) is 24.4 Å². The molecule has 2 rings (SSSR count). The molecule has 3 N–H and O–H groups in total. The van der Waals surface area contributed by atoms with E-state index in [0.29, 0.717) is 5.65 Å². The van der Waals surface area contributed by atoms with E-state index < -0.39 is 11.8 Å². The molecule has 0 atom stereocenters. The summed E-state index contributed by atoms with van der Waals surface area (Å²) in [5, 5.41) is 2.39. The molecule has 6 nitrogen and oxygen atoms in total. The maximum Gasteiger partial charge on any atom is 0.271 e. The lowest BCUT2D eigenvalue weighted by Crippen LogP contribution is -2.33. The minimum absolute atomic E-state index is 0.189. The third-order valence-electron chi connectivity index (χ3n) is 2.35. The first kappa shape index (κ1) is 11.1. The van der Waals surface area contributed by atoms with E-state index in [9.17, 15) is 9.59 Å². The molecule has 0 spiro atoms. The molecule has 6 heteroatoms. The van der Waals surface area contributed by atoms with Gasteiger partial charge in [-0.25, -0.2) is 4.98 Å². The number of amides is 2. The van der Waals surface area contributed by atoms with Gasteiger partial charge >= 0.3 is 0 Å². The fraction of sp³-hybridized carbons (Fsp3) is 0.182. The maximum atomic E-state index is 11.6. The van der Waals surface area contributed by atoms with Gasteiger partial charge < -0.3 is 15.5 Å². The summed E-state index contributed by atoms with van der Waals surface area (Å²) in [6, 6.07) is 5.58. The zero-order valence-electron chi connectivity index (χ0n) is 9.30. The van der Waals surface area contributed by atoms with Crippen molar-refractivity contribution in [1.82, 2.24) is 14.7 Å². The second-order valence-corrected chi connectivity index (χ2v) is 3.67. The third-order valence-corrected chi connectivity index (χ3v) is 2.35. The monoisotopic (exact) mass is 232 g/mol. The number of pyridine rings is 1. The van der Waals surface area contributed by atoms with Gasteiger partial charge in [0.15, 0.2) is 0 Å². The molecular weight excluding hydrogens is 220 g/mol. The minimum Gasteiger partial charge on any atom is -0.368 e. The molecule has 0 aromatic carbocycles. The van der Waals surface area contributed by atoms with Gasteiger partial charge in [-0.2, -0.15) is 0 Å². The van der Waals surface area contributed by atoms with Gasteiger partial charge in [-0.05, 0) is 19.1 Å². The Balaban J connectivity index is 2.27. The lowest BCUT2D eigenvalue weighted by atomic mass is 10.4. The first-order valence-electron chi connectivity index (χ1n) is 5.09. The number of carbonyl (C=O) groups is 2. The van der Waals surface area contributed by atoms with Crippen molar-refractivity contribution in [3.05, 3.63) is 35.8 Å². The average Bonchev–Trinajstić information content (AvgIpc) is 2.71. The number of fused-ring (bicyclic) bond motifs is 1. The number of nitrogens with two attached hydrogens (primary N) is 1. The van der Waals surface area contributed by atoms with Crippen molar-refractivity contribution in [2.24, 2.45) is 5.73 Å². The predicted molar refractivity (Wildman–Crippen MR) is 61.5 cm³/mol. The number of rotatable bonds is 3. The van der Waals surface area contributed by atoms with E-state index in [0.717, 1.165) is 5.69 Å². The summed E-state index contributed by atoms with van der Waals surface area (Å²) in [6.45, 7) is 1.73. The Morgan fingerprint density at radius 3 is 2.88 bits per heavy atom. The Labute approximate surface area is 97.4 Å². The molecule has 0 fully saturated rings. The van der Waals surface area contributed by atoms with Gasteiger partial charge in [0, 0.05) is 11.9 Å². The topological polar surface area (TPSA) is 89.5 Å². The van der Waals surface area contributed by atoms with Crippen molar-refractivity contribution in [3.63, 3.8) is 0 Å². The highest BCUT2D eigenvalue weighted by molar-refractivity contribution is 5.95. The number of aromatic nitrogens is 2. The highest BCUT2D eigenvalue weighted by atomic mass is 16.2. The van der Waals surface area contributed by atoms with E-state index in [1.165, 1.54) is 0 Å². The summed E-state index contributed by atoms with van der Waals surface area (Å²) in [7, 11) is 0. The summed E-state index contributed by atoms with van der Waals surface area (Å²) >= 11 is 0. The molecule has 0 bridgehead atoms. The van der Waals surface area contributed by atoms with Gasteiger partial charge in [0.25, 0.3) is 5.91 Å². The highest BCUT2D eigenvalue weighted by Gasteiger charge is 2.11. The normalized spacial score (nSPS) is 10.4. The van der Waals surface area contributed by atoms with Crippen LogP contribution in [0.5, 0.6) is 0 Å². The third kappa shape index (κ3) is 2.25. The van der Waals surface area contributed by atoms with Crippen LogP contribution in [0, 0.1) is 6.92 Å². The minimum atomic E-state index is -0.585. The molecule has 0 saturated heterocycles. The molecule has 2 aromatic heterocycles. The smallest absolute Gasteiger partial charge is 0.271 e. The van der Waals surface area contributed by atoms with Crippen molar-refractivity contribution >= 4 is 17.5 Å². The van der Waals surface area contributed by atoms with Crippen molar-refractivity contribution in [2.45, 2.75) is 6.92 Å². The summed E-state index contributed by atoms with van der Waals surface area (Å²) in [5.41, 5.74) is 6.87. The van der Waals surface area contributed by atoms with Crippen LogP contribution in [0.2, 0.25) is 0 Å². The van der Waals surface area contributed by atoms with Crippen LogP contribution in [0.4, 0.5) is 0 Å². The Morgan fingerprint density at radius 2 is 2.24 bits per heavy atom. The highest BCUT2D eigenvalue weighted by Crippen LogP contribution is 2.08. The van der Waals surface area contributed by atoms with Gasteiger partial charge in [-0.3, -0.25) is 9.59 Å². The number of imidazole rings is 1. The van der Waals surface area contributed by atoms with Crippen LogP contribution in [0.1, 0.15) is 16.2 Å². The lowest BCUT2D eigenvalue weighted by molar-refractivity contribution is -0.117. The van der Waals surface area contributed by atoms with Crippen LogP contribution in [-0.4, -0.2) is 27.7 Å². The summed E-state index contributed by atoms with van der Waals surface area (Å²) in [6.07, 6.45) is 1.63. The quantitative estimate of drug-likeness (QED) is 0.771. The first-order valence-corrected chi connectivity index (χ1v) is 5.09. The first-order chi connectivity index (χ1) is 8.08. The molecule has 0 radical (unpaired) electrons. The van der Waals surface area contributed by atoms with E-state index in [1.54, 1.807) is 16.7 Å². The van der Waals surface area contributed by atoms with Crippen molar-refractivity contribution in [2.75, 3.05) is 6.54 Å². The molecular formula is C11H12N4O2. The van der Waals surface area contributed by atoms with Gasteiger partial charge in [0.1, 0.15) is 11.3 Å². The van der Waals surface area contributed by atoms with Crippen LogP contribution in [0.3, 0.4) is 0 Å². The molecule has 0 aliphatic rings. The predicted octanol–water partition coefficient (Wildman–Crippen LogP) is -0.142. The molecule has 88 valence electrons. The van der Waals surface area contributed by atoms with Gasteiger partial charge in [0.2, 0.25) is 5.91 Å². The summed E-state index contributed by atoms with van der Waals surface area (Å²) in [5.74, 6) is -0.995. The number of carbonyl (C=O) groups excluding carboxylic acids is 2. The van der Waals surface area contributed by atoms with E-state index in [1.807, 2.05) is 19.1 Å². The lowest BCUT2D eigenvalue weighted by Gasteiger charge is -1.98. The Kier molecular flexibility index (Phi) is 2.78. The van der Waals surface area contributed by atoms with Crippen molar-refractivity contribution in [1.29, 1.82) is 0 Å². The fourth-order valence-electron chi connectivity index (χ4n) is 1.52. The van der Waals surface area contributed by atoms with Crippen molar-refractivity contribution < 1.29 is 9.59 Å². The Morgan fingerprint density at radius 1 is 1.47 bits per heavy atom. The zero-order chi connectivity index (χ0) is 12.4. The molecule has 2 aromatic rings. The van der Waals surface area contributed by atoms with Crippen LogP contribution < -0.4 is 11.1 Å². The van der Waals surface area contributed by atoms with E-state index >= 15 is 0 Å². The second-order valence-electron chi connectivity index (χ2n) is 3.67. The second kappa shape index (κ2) is 4.25. The average molecular weight is 232 g/mol. The SMILES string of the molecule is Cc1cccc2nc(C(=O)NCC(N)=O)cn12. The van der Waals surface area contributed by atoms with Gasteiger partial charge in [-0.15, -0.1) is 0 Å². The molecule has 0 unspecified atom stereocenters. The number of nitrogens with one attached hydrogen (secondary N) is 1. The number of aryl methyl sites for hydroxylation is 1. The molecule has 2 amide bonds. The number of hydrogen-bond donors (Lipinski definition) is 2. The van der Waals surface area contributed by atoms with Crippen LogP contribution in [-0.2, 0) is 4.79 Å². The molecule has 0 aliphatic heterocycles. The summed E-state index contributed by atoms with van der Waals surface area (Å²) in [4.78, 5) is 26.3. The van der Waals surface area contributed by atoms with Crippen molar-refractivity contribution in [3.8, 4) is 0 Å². The largest absolute Gasteiger partial charge is 0.368 e. The van der Waals surface area contributed by atoms with Gasteiger partial charge in [0.05, 0.1) is 6.54 Å². The zero-order valence-corrected chi connectivity index (χ0v) is 9.30. The number of primary amides is 1. The van der Waals surface area contributed by atoms with E-state index in [4.69, 9.17) is 5.73 Å². The summed E-state index contributed by atoms with van der Waals surface area (Å²) < 4.78 is 1.80. The van der Waals surface area contributed by atoms with E-state index in [-0.39, 0.29) is 12.2 Å². The molecule has 2 heterocycles. The van der Waals surface area contributed by atoms with Gasteiger partial charge in [-0.1, -0.05) is 6.07 Å². The number of hydrogen-bond acceptors (Lipinski definition) is 3. The molecule has 0 aliphatic carbocycles. The molecule has 0 saturated carbocycles. The number of nitrogens with zero attached hydrogens (tertiary/aromatic N) is 2.